The van der Waals surface area contributed by atoms with Gasteiger partial charge in [0, 0.05) is 21.6 Å². The summed E-state index contributed by atoms with van der Waals surface area (Å²) in [5.74, 6) is -0.809. The number of benzene rings is 1. The molecule has 0 bridgehead atoms. The highest BCUT2D eigenvalue weighted by Crippen LogP contribution is 2.26. The van der Waals surface area contributed by atoms with Crippen LogP contribution in [0.2, 0.25) is 0 Å². The van der Waals surface area contributed by atoms with Crippen LogP contribution in [0.25, 0.3) is 10.9 Å². The molecule has 1 aromatic carbocycles. The SMILES string of the molecule is Cc1cc2c(CC(=O)O)c[nH]c2cc1Br. The van der Waals surface area contributed by atoms with E-state index in [1.165, 1.54) is 0 Å². The lowest BCUT2D eigenvalue weighted by molar-refractivity contribution is -0.136. The van der Waals surface area contributed by atoms with Gasteiger partial charge in [-0.1, -0.05) is 15.9 Å². The minimum absolute atomic E-state index is 0.0566. The fourth-order valence-electron chi connectivity index (χ4n) is 1.62. The Morgan fingerprint density at radius 3 is 2.93 bits per heavy atom. The van der Waals surface area contributed by atoms with E-state index in [1.54, 1.807) is 6.20 Å². The Balaban J connectivity index is 2.59. The smallest absolute Gasteiger partial charge is 0.307 e. The van der Waals surface area contributed by atoms with Gasteiger partial charge in [-0.3, -0.25) is 4.79 Å². The quantitative estimate of drug-likeness (QED) is 0.879. The van der Waals surface area contributed by atoms with Gasteiger partial charge in [-0.2, -0.15) is 0 Å². The second-order valence-electron chi connectivity index (χ2n) is 3.53. The molecule has 0 fully saturated rings. The lowest BCUT2D eigenvalue weighted by atomic mass is 10.1. The monoisotopic (exact) mass is 267 g/mol. The summed E-state index contributed by atoms with van der Waals surface area (Å²) in [5.41, 5.74) is 2.89. The third-order valence-electron chi connectivity index (χ3n) is 2.39. The van der Waals surface area contributed by atoms with E-state index < -0.39 is 5.97 Å². The predicted molar refractivity (Wildman–Crippen MR) is 62.1 cm³/mol. The molecule has 15 heavy (non-hydrogen) atoms. The number of hydrogen-bond donors (Lipinski definition) is 2. The highest BCUT2D eigenvalue weighted by molar-refractivity contribution is 9.10. The molecule has 0 atom stereocenters. The van der Waals surface area contributed by atoms with Crippen LogP contribution in [0.4, 0.5) is 0 Å². The molecular formula is C11H10BrNO2. The molecule has 0 aliphatic rings. The van der Waals surface area contributed by atoms with Crippen molar-refractivity contribution in [3.63, 3.8) is 0 Å². The minimum atomic E-state index is -0.809. The maximum absolute atomic E-state index is 10.6. The molecule has 0 aliphatic heterocycles. The number of nitrogens with one attached hydrogen (secondary N) is 1. The Labute approximate surface area is 95.2 Å². The van der Waals surface area contributed by atoms with Crippen LogP contribution in [0, 0.1) is 6.92 Å². The molecule has 0 saturated carbocycles. The van der Waals surface area contributed by atoms with Crippen LogP contribution in [0.3, 0.4) is 0 Å². The van der Waals surface area contributed by atoms with Crippen LogP contribution in [-0.4, -0.2) is 16.1 Å². The third-order valence-corrected chi connectivity index (χ3v) is 3.24. The number of fused-ring (bicyclic) bond motifs is 1. The molecule has 0 aliphatic carbocycles. The van der Waals surface area contributed by atoms with Gasteiger partial charge in [0.15, 0.2) is 0 Å². The maximum atomic E-state index is 10.6. The maximum Gasteiger partial charge on any atom is 0.307 e. The Bertz CT molecular complexity index is 531. The number of aryl methyl sites for hydroxylation is 1. The van der Waals surface area contributed by atoms with Crippen LogP contribution in [0.1, 0.15) is 11.1 Å². The minimum Gasteiger partial charge on any atom is -0.481 e. The summed E-state index contributed by atoms with van der Waals surface area (Å²) >= 11 is 3.44. The van der Waals surface area contributed by atoms with E-state index in [2.05, 4.69) is 20.9 Å². The topological polar surface area (TPSA) is 53.1 Å². The predicted octanol–water partition coefficient (Wildman–Crippen LogP) is 2.87. The average molecular weight is 268 g/mol. The molecule has 2 rings (SSSR count). The van der Waals surface area contributed by atoms with Gasteiger partial charge in [0.1, 0.15) is 0 Å². The van der Waals surface area contributed by atoms with Crippen LogP contribution < -0.4 is 0 Å². The fraction of sp³-hybridized carbons (Fsp3) is 0.182. The molecule has 2 N–H and O–H groups in total. The summed E-state index contributed by atoms with van der Waals surface area (Å²) in [5, 5.41) is 9.73. The van der Waals surface area contributed by atoms with Gasteiger partial charge in [0.2, 0.25) is 0 Å². The second-order valence-corrected chi connectivity index (χ2v) is 4.39. The van der Waals surface area contributed by atoms with E-state index >= 15 is 0 Å². The van der Waals surface area contributed by atoms with E-state index in [-0.39, 0.29) is 6.42 Å². The summed E-state index contributed by atoms with van der Waals surface area (Å²) in [6.45, 7) is 1.99. The molecular weight excluding hydrogens is 258 g/mol. The normalized spacial score (nSPS) is 10.8. The van der Waals surface area contributed by atoms with Gasteiger partial charge in [-0.25, -0.2) is 0 Å². The summed E-state index contributed by atoms with van der Waals surface area (Å²) < 4.78 is 1.03. The number of carboxylic acids is 1. The molecule has 1 heterocycles. The summed E-state index contributed by atoms with van der Waals surface area (Å²) in [7, 11) is 0. The first-order valence-electron chi connectivity index (χ1n) is 4.56. The fourth-order valence-corrected chi connectivity index (χ4v) is 1.96. The van der Waals surface area contributed by atoms with Gasteiger partial charge >= 0.3 is 5.97 Å². The number of aromatic nitrogens is 1. The van der Waals surface area contributed by atoms with Crippen LogP contribution >= 0.6 is 15.9 Å². The number of aliphatic carboxylic acids is 1. The molecule has 0 amide bonds. The third kappa shape index (κ3) is 1.90. The molecule has 3 nitrogen and oxygen atoms in total. The van der Waals surface area contributed by atoms with Crippen molar-refractivity contribution in [2.24, 2.45) is 0 Å². The standard InChI is InChI=1S/C11H10BrNO2/c1-6-2-8-7(3-11(14)15)5-13-10(8)4-9(6)12/h2,4-5,13H,3H2,1H3,(H,14,15). The van der Waals surface area contributed by atoms with Crippen molar-refractivity contribution < 1.29 is 9.90 Å². The molecule has 78 valence electrons. The van der Waals surface area contributed by atoms with Crippen molar-refractivity contribution in [3.8, 4) is 0 Å². The Hall–Kier alpha value is -1.29. The van der Waals surface area contributed by atoms with Crippen molar-refractivity contribution in [1.82, 2.24) is 4.98 Å². The number of H-pyrrole nitrogens is 1. The average Bonchev–Trinajstić information content (AvgIpc) is 2.49. The first-order chi connectivity index (χ1) is 7.08. The Morgan fingerprint density at radius 2 is 2.27 bits per heavy atom. The Morgan fingerprint density at radius 1 is 1.53 bits per heavy atom. The number of carboxylic acid groups (broad SMARTS) is 1. The zero-order valence-corrected chi connectivity index (χ0v) is 9.76. The largest absolute Gasteiger partial charge is 0.481 e. The molecule has 0 saturated heterocycles. The second kappa shape index (κ2) is 3.70. The van der Waals surface area contributed by atoms with Gasteiger partial charge < -0.3 is 10.1 Å². The Kier molecular flexibility index (Phi) is 2.52. The number of carbonyl (C=O) groups is 1. The number of halogens is 1. The first kappa shape index (κ1) is 10.2. The summed E-state index contributed by atoms with van der Waals surface area (Å²) in [4.78, 5) is 13.7. The first-order valence-corrected chi connectivity index (χ1v) is 5.35. The van der Waals surface area contributed by atoms with Gasteiger partial charge in [0.25, 0.3) is 0 Å². The van der Waals surface area contributed by atoms with E-state index in [4.69, 9.17) is 5.11 Å². The number of hydrogen-bond acceptors (Lipinski definition) is 1. The van der Waals surface area contributed by atoms with Crippen molar-refractivity contribution in [3.05, 3.63) is 33.9 Å². The van der Waals surface area contributed by atoms with Gasteiger partial charge in [-0.05, 0) is 30.2 Å². The zero-order valence-electron chi connectivity index (χ0n) is 8.17. The van der Waals surface area contributed by atoms with Crippen LogP contribution in [0.15, 0.2) is 22.8 Å². The van der Waals surface area contributed by atoms with Crippen molar-refractivity contribution in [2.45, 2.75) is 13.3 Å². The summed E-state index contributed by atoms with van der Waals surface area (Å²) in [6.07, 6.45) is 1.81. The molecule has 0 spiro atoms. The molecule has 4 heteroatoms. The molecule has 0 radical (unpaired) electrons. The van der Waals surface area contributed by atoms with E-state index in [9.17, 15) is 4.79 Å². The van der Waals surface area contributed by atoms with Crippen LogP contribution in [-0.2, 0) is 11.2 Å². The van der Waals surface area contributed by atoms with E-state index in [0.29, 0.717) is 0 Å². The van der Waals surface area contributed by atoms with Crippen molar-refractivity contribution in [2.75, 3.05) is 0 Å². The summed E-state index contributed by atoms with van der Waals surface area (Å²) in [6, 6.07) is 3.96. The van der Waals surface area contributed by atoms with Crippen LogP contribution in [0.5, 0.6) is 0 Å². The van der Waals surface area contributed by atoms with Gasteiger partial charge in [0.05, 0.1) is 6.42 Å². The lowest BCUT2D eigenvalue weighted by Crippen LogP contribution is -1.98. The zero-order chi connectivity index (χ0) is 11.0. The molecule has 2 aromatic rings. The number of aromatic amines is 1. The molecule has 0 unspecified atom stereocenters. The van der Waals surface area contributed by atoms with E-state index in [0.717, 1.165) is 26.5 Å². The lowest BCUT2D eigenvalue weighted by Gasteiger charge is -1.99. The van der Waals surface area contributed by atoms with Crippen molar-refractivity contribution >= 4 is 32.8 Å². The van der Waals surface area contributed by atoms with Gasteiger partial charge in [-0.15, -0.1) is 0 Å². The highest BCUT2D eigenvalue weighted by Gasteiger charge is 2.08. The molecule has 1 aromatic heterocycles. The number of rotatable bonds is 2. The highest BCUT2D eigenvalue weighted by atomic mass is 79.9. The van der Waals surface area contributed by atoms with E-state index in [1.807, 2.05) is 19.1 Å². The van der Waals surface area contributed by atoms with Crippen molar-refractivity contribution in [1.29, 1.82) is 0 Å².